The molecule has 0 bridgehead atoms. The molecule has 0 saturated carbocycles. The van der Waals surface area contributed by atoms with E-state index < -0.39 is 30.0 Å². The monoisotopic (exact) mass is 300 g/mol. The van der Waals surface area contributed by atoms with Crippen molar-refractivity contribution in [3.8, 4) is 0 Å². The van der Waals surface area contributed by atoms with Crippen molar-refractivity contribution < 1.29 is 33.7 Å². The van der Waals surface area contributed by atoms with Gasteiger partial charge in [0.15, 0.2) is 6.10 Å². The zero-order valence-electron chi connectivity index (χ0n) is 11.7. The van der Waals surface area contributed by atoms with Gasteiger partial charge < -0.3 is 19.7 Å². The average Bonchev–Trinajstić information content (AvgIpc) is 2.46. The molecule has 0 heterocycles. The summed E-state index contributed by atoms with van der Waals surface area (Å²) in [5, 5.41) is 19.7. The van der Waals surface area contributed by atoms with Crippen LogP contribution in [0.3, 0.4) is 0 Å². The van der Waals surface area contributed by atoms with E-state index >= 15 is 0 Å². The van der Waals surface area contributed by atoms with Crippen LogP contribution in [0.4, 0.5) is 4.39 Å². The van der Waals surface area contributed by atoms with E-state index in [-0.39, 0.29) is 24.3 Å². The molecule has 2 atom stereocenters. The Morgan fingerprint density at radius 2 is 1.81 bits per heavy atom. The van der Waals surface area contributed by atoms with Gasteiger partial charge in [0.2, 0.25) is 0 Å². The summed E-state index contributed by atoms with van der Waals surface area (Å²) in [6, 6.07) is 2.99. The van der Waals surface area contributed by atoms with E-state index in [0.29, 0.717) is 0 Å². The first-order valence-electron chi connectivity index (χ1n) is 6.41. The van der Waals surface area contributed by atoms with Crippen molar-refractivity contribution in [3.63, 3.8) is 0 Å². The van der Waals surface area contributed by atoms with Crippen LogP contribution in [-0.4, -0.2) is 41.5 Å². The predicted octanol–water partition coefficient (Wildman–Crippen LogP) is 0.960. The fourth-order valence-corrected chi connectivity index (χ4v) is 1.70. The Labute approximate surface area is 121 Å². The van der Waals surface area contributed by atoms with E-state index in [4.69, 9.17) is 4.74 Å². The van der Waals surface area contributed by atoms with Gasteiger partial charge >= 0.3 is 11.9 Å². The van der Waals surface area contributed by atoms with Gasteiger partial charge in [-0.15, -0.1) is 0 Å². The van der Waals surface area contributed by atoms with Crippen molar-refractivity contribution in [1.82, 2.24) is 0 Å². The van der Waals surface area contributed by atoms with Crippen LogP contribution >= 0.6 is 0 Å². The minimum atomic E-state index is -1.93. The number of benzene rings is 1. The molecule has 2 unspecified atom stereocenters. The lowest BCUT2D eigenvalue weighted by Crippen LogP contribution is -2.31. The average molecular weight is 300 g/mol. The van der Waals surface area contributed by atoms with Crippen LogP contribution in [0.2, 0.25) is 0 Å². The Bertz CT molecular complexity index is 516. The molecular weight excluding hydrogens is 283 g/mol. The quantitative estimate of drug-likeness (QED) is 0.760. The lowest BCUT2D eigenvalue weighted by molar-refractivity contribution is -0.159. The summed E-state index contributed by atoms with van der Waals surface area (Å²) < 4.78 is 22.6. The van der Waals surface area contributed by atoms with Crippen LogP contribution in [0, 0.1) is 5.82 Å². The molecule has 0 amide bonds. The van der Waals surface area contributed by atoms with Crippen LogP contribution < -0.4 is 0 Å². The molecule has 0 saturated heterocycles. The SMILES string of the molecule is CCOC(=O)c1ccc(F)cc1C(O)C(O)C(=O)OCC. The Morgan fingerprint density at radius 1 is 1.19 bits per heavy atom. The first-order valence-corrected chi connectivity index (χ1v) is 6.41. The van der Waals surface area contributed by atoms with E-state index in [9.17, 15) is 24.2 Å². The third kappa shape index (κ3) is 4.24. The highest BCUT2D eigenvalue weighted by Gasteiger charge is 2.30. The first kappa shape index (κ1) is 17.1. The molecule has 21 heavy (non-hydrogen) atoms. The van der Waals surface area contributed by atoms with E-state index in [2.05, 4.69) is 4.74 Å². The van der Waals surface area contributed by atoms with Crippen LogP contribution in [0.25, 0.3) is 0 Å². The molecule has 7 heteroatoms. The summed E-state index contributed by atoms with van der Waals surface area (Å²) in [6.07, 6.45) is -3.74. The number of hydrogen-bond donors (Lipinski definition) is 2. The Kier molecular flexibility index (Phi) is 6.26. The Hall–Kier alpha value is -1.99. The molecule has 1 aromatic rings. The second-order valence-electron chi connectivity index (χ2n) is 4.09. The summed E-state index contributed by atoms with van der Waals surface area (Å²) in [4.78, 5) is 23.2. The van der Waals surface area contributed by atoms with Gasteiger partial charge in [0.25, 0.3) is 0 Å². The largest absolute Gasteiger partial charge is 0.464 e. The Balaban J connectivity index is 3.12. The van der Waals surface area contributed by atoms with Gasteiger partial charge in [0.1, 0.15) is 11.9 Å². The van der Waals surface area contributed by atoms with Gasteiger partial charge in [-0.2, -0.15) is 0 Å². The number of ether oxygens (including phenoxy) is 2. The predicted molar refractivity (Wildman–Crippen MR) is 70.0 cm³/mol. The van der Waals surface area contributed by atoms with Crippen molar-refractivity contribution in [1.29, 1.82) is 0 Å². The third-order valence-corrected chi connectivity index (χ3v) is 2.65. The van der Waals surface area contributed by atoms with E-state index in [1.807, 2.05) is 0 Å². The van der Waals surface area contributed by atoms with E-state index in [0.717, 1.165) is 18.2 Å². The van der Waals surface area contributed by atoms with Crippen molar-refractivity contribution in [3.05, 3.63) is 35.1 Å². The second-order valence-corrected chi connectivity index (χ2v) is 4.09. The van der Waals surface area contributed by atoms with Gasteiger partial charge in [0.05, 0.1) is 18.8 Å². The standard InChI is InChI=1S/C14H17FO6/c1-3-20-13(18)9-6-5-8(15)7-10(9)11(16)12(17)14(19)21-4-2/h5-7,11-12,16-17H,3-4H2,1-2H3. The van der Waals surface area contributed by atoms with Crippen molar-refractivity contribution in [2.45, 2.75) is 26.1 Å². The highest BCUT2D eigenvalue weighted by atomic mass is 19.1. The minimum absolute atomic E-state index is 0.0104. The summed E-state index contributed by atoms with van der Waals surface area (Å²) in [7, 11) is 0. The van der Waals surface area contributed by atoms with Crippen LogP contribution in [0.5, 0.6) is 0 Å². The smallest absolute Gasteiger partial charge is 0.338 e. The molecular formula is C14H17FO6. The molecule has 0 spiro atoms. The molecule has 1 rings (SSSR count). The maximum absolute atomic E-state index is 13.3. The number of aliphatic hydroxyl groups excluding tert-OH is 2. The van der Waals surface area contributed by atoms with Crippen LogP contribution in [0.15, 0.2) is 18.2 Å². The van der Waals surface area contributed by atoms with Gasteiger partial charge in [-0.3, -0.25) is 0 Å². The summed E-state index contributed by atoms with van der Waals surface area (Å²) >= 11 is 0. The van der Waals surface area contributed by atoms with Crippen molar-refractivity contribution >= 4 is 11.9 Å². The number of hydrogen-bond acceptors (Lipinski definition) is 6. The number of esters is 2. The van der Waals surface area contributed by atoms with Crippen molar-refractivity contribution in [2.75, 3.05) is 13.2 Å². The second kappa shape index (κ2) is 7.70. The fourth-order valence-electron chi connectivity index (χ4n) is 1.70. The first-order chi connectivity index (χ1) is 9.92. The van der Waals surface area contributed by atoms with E-state index in [1.165, 1.54) is 6.92 Å². The summed E-state index contributed by atoms with van der Waals surface area (Å²) in [5.41, 5.74) is -0.372. The maximum Gasteiger partial charge on any atom is 0.338 e. The van der Waals surface area contributed by atoms with Gasteiger partial charge in [-0.25, -0.2) is 14.0 Å². The lowest BCUT2D eigenvalue weighted by atomic mass is 9.98. The van der Waals surface area contributed by atoms with Gasteiger partial charge in [-0.1, -0.05) is 0 Å². The number of carbonyl (C=O) groups is 2. The fraction of sp³-hybridized carbons (Fsp3) is 0.429. The number of aliphatic hydroxyl groups is 2. The highest BCUT2D eigenvalue weighted by Crippen LogP contribution is 2.24. The maximum atomic E-state index is 13.3. The van der Waals surface area contributed by atoms with Crippen molar-refractivity contribution in [2.24, 2.45) is 0 Å². The zero-order chi connectivity index (χ0) is 16.0. The zero-order valence-corrected chi connectivity index (χ0v) is 11.7. The minimum Gasteiger partial charge on any atom is -0.464 e. The molecule has 0 radical (unpaired) electrons. The Morgan fingerprint density at radius 3 is 2.38 bits per heavy atom. The molecule has 2 N–H and O–H groups in total. The molecule has 116 valence electrons. The van der Waals surface area contributed by atoms with Crippen LogP contribution in [-0.2, 0) is 14.3 Å². The topological polar surface area (TPSA) is 93.1 Å². The molecule has 0 aliphatic heterocycles. The molecule has 1 aromatic carbocycles. The highest BCUT2D eigenvalue weighted by molar-refractivity contribution is 5.91. The normalized spacial score (nSPS) is 13.4. The summed E-state index contributed by atoms with van der Waals surface area (Å²) in [6.45, 7) is 3.22. The number of halogens is 1. The van der Waals surface area contributed by atoms with Gasteiger partial charge in [-0.05, 0) is 32.0 Å². The van der Waals surface area contributed by atoms with Gasteiger partial charge in [0, 0.05) is 5.56 Å². The molecule has 0 aliphatic rings. The summed E-state index contributed by atoms with van der Waals surface area (Å²) in [5.74, 6) is -2.58. The number of carbonyl (C=O) groups excluding carboxylic acids is 2. The molecule has 0 fully saturated rings. The lowest BCUT2D eigenvalue weighted by Gasteiger charge is -2.19. The van der Waals surface area contributed by atoms with Crippen LogP contribution in [0.1, 0.15) is 35.9 Å². The molecule has 0 aromatic heterocycles. The third-order valence-electron chi connectivity index (χ3n) is 2.65. The van der Waals surface area contributed by atoms with E-state index in [1.54, 1.807) is 6.92 Å². The molecule has 0 aliphatic carbocycles. The molecule has 6 nitrogen and oxygen atoms in total. The number of rotatable bonds is 6.